The number of halogens is 4. The Balaban J connectivity index is 2.53. The number of benzene rings is 1. The highest BCUT2D eigenvalue weighted by atomic mass is 35.5. The summed E-state index contributed by atoms with van der Waals surface area (Å²) >= 11 is 5.78. The van der Waals surface area contributed by atoms with Crippen molar-refractivity contribution in [2.75, 3.05) is 0 Å². The Hall–Kier alpha value is -1.53. The first-order valence-electron chi connectivity index (χ1n) is 4.92. The second kappa shape index (κ2) is 4.62. The van der Waals surface area contributed by atoms with Gasteiger partial charge in [-0.15, -0.1) is 0 Å². The maximum Gasteiger partial charge on any atom is 0.194 e. The van der Waals surface area contributed by atoms with Crippen LogP contribution in [-0.4, -0.2) is 14.9 Å². The van der Waals surface area contributed by atoms with Crippen molar-refractivity contribution in [3.63, 3.8) is 0 Å². The van der Waals surface area contributed by atoms with E-state index in [1.165, 1.54) is 17.9 Å². The standard InChI is InChI=1S/C11H8ClF3N2O/c1-17-10(6(12)4-16-17)11(18)5-2-3-7(13)9(15)8(5)14/h2-4,11,18H,1H3. The lowest BCUT2D eigenvalue weighted by molar-refractivity contribution is 0.202. The molecule has 7 heteroatoms. The average molecular weight is 277 g/mol. The Morgan fingerprint density at radius 3 is 2.50 bits per heavy atom. The Kier molecular flexibility index (Phi) is 3.32. The van der Waals surface area contributed by atoms with Crippen molar-refractivity contribution in [2.24, 2.45) is 7.05 Å². The minimum atomic E-state index is -1.63. The molecule has 2 aromatic rings. The zero-order valence-corrected chi connectivity index (χ0v) is 9.92. The van der Waals surface area contributed by atoms with Crippen LogP contribution in [0.5, 0.6) is 0 Å². The summed E-state index contributed by atoms with van der Waals surface area (Å²) in [6, 6.07) is 1.70. The minimum Gasteiger partial charge on any atom is -0.382 e. The number of hydrogen-bond acceptors (Lipinski definition) is 2. The number of aliphatic hydroxyl groups is 1. The normalized spacial score (nSPS) is 12.8. The third-order valence-corrected chi connectivity index (χ3v) is 2.85. The molecule has 0 fully saturated rings. The van der Waals surface area contributed by atoms with Gasteiger partial charge in [0.15, 0.2) is 17.5 Å². The van der Waals surface area contributed by atoms with Crippen LogP contribution in [-0.2, 0) is 7.05 Å². The van der Waals surface area contributed by atoms with Crippen LogP contribution in [0.1, 0.15) is 17.4 Å². The van der Waals surface area contributed by atoms with Gasteiger partial charge in [0.25, 0.3) is 0 Å². The van der Waals surface area contributed by atoms with Gasteiger partial charge in [0.05, 0.1) is 16.9 Å². The minimum absolute atomic E-state index is 0.0987. The molecule has 0 amide bonds. The van der Waals surface area contributed by atoms with Crippen molar-refractivity contribution < 1.29 is 18.3 Å². The SMILES string of the molecule is Cn1ncc(Cl)c1C(O)c1ccc(F)c(F)c1F. The number of hydrogen-bond donors (Lipinski definition) is 1. The van der Waals surface area contributed by atoms with Crippen molar-refractivity contribution in [1.29, 1.82) is 0 Å². The third-order valence-electron chi connectivity index (χ3n) is 2.56. The van der Waals surface area contributed by atoms with E-state index < -0.39 is 29.1 Å². The van der Waals surface area contributed by atoms with Crippen molar-refractivity contribution in [3.8, 4) is 0 Å². The van der Waals surface area contributed by atoms with Crippen LogP contribution in [0, 0.1) is 17.5 Å². The first-order chi connectivity index (χ1) is 8.43. The summed E-state index contributed by atoms with van der Waals surface area (Å²) in [5, 5.41) is 13.8. The van der Waals surface area contributed by atoms with Gasteiger partial charge in [0, 0.05) is 12.6 Å². The van der Waals surface area contributed by atoms with Crippen LogP contribution in [0.3, 0.4) is 0 Å². The lowest BCUT2D eigenvalue weighted by Gasteiger charge is -2.13. The quantitative estimate of drug-likeness (QED) is 0.856. The fraction of sp³-hybridized carbons (Fsp3) is 0.182. The molecule has 0 saturated heterocycles. The van der Waals surface area contributed by atoms with Crippen molar-refractivity contribution >= 4 is 11.6 Å². The lowest BCUT2D eigenvalue weighted by Crippen LogP contribution is -2.10. The maximum absolute atomic E-state index is 13.5. The van der Waals surface area contributed by atoms with Gasteiger partial charge in [-0.3, -0.25) is 4.68 Å². The van der Waals surface area contributed by atoms with E-state index in [4.69, 9.17) is 11.6 Å². The first kappa shape index (κ1) is 12.9. The Labute approximate surface area is 105 Å². The average Bonchev–Trinajstić information content (AvgIpc) is 2.65. The Bertz CT molecular complexity index is 581. The number of nitrogens with zero attached hydrogens (tertiary/aromatic N) is 2. The first-order valence-corrected chi connectivity index (χ1v) is 5.30. The molecular weight excluding hydrogens is 269 g/mol. The molecule has 0 radical (unpaired) electrons. The van der Waals surface area contributed by atoms with E-state index in [2.05, 4.69) is 5.10 Å². The summed E-state index contributed by atoms with van der Waals surface area (Å²) in [6.45, 7) is 0. The Morgan fingerprint density at radius 2 is 1.94 bits per heavy atom. The molecule has 96 valence electrons. The van der Waals surface area contributed by atoms with Gasteiger partial charge in [-0.05, 0) is 12.1 Å². The number of rotatable bonds is 2. The molecule has 0 saturated carbocycles. The fourth-order valence-corrected chi connectivity index (χ4v) is 1.90. The van der Waals surface area contributed by atoms with Gasteiger partial charge in [0.1, 0.15) is 6.10 Å². The molecule has 1 N–H and O–H groups in total. The van der Waals surface area contributed by atoms with Gasteiger partial charge in [-0.25, -0.2) is 13.2 Å². The summed E-state index contributed by atoms with van der Waals surface area (Å²) in [7, 11) is 1.49. The predicted molar refractivity (Wildman–Crippen MR) is 58.6 cm³/mol. The fourth-order valence-electron chi connectivity index (χ4n) is 1.63. The molecule has 0 aliphatic rings. The van der Waals surface area contributed by atoms with Crippen LogP contribution < -0.4 is 0 Å². The van der Waals surface area contributed by atoms with Crippen LogP contribution >= 0.6 is 11.6 Å². The largest absolute Gasteiger partial charge is 0.382 e. The second-order valence-electron chi connectivity index (χ2n) is 3.67. The summed E-state index contributed by atoms with van der Waals surface area (Å²) in [6.07, 6.45) is -0.266. The smallest absolute Gasteiger partial charge is 0.194 e. The van der Waals surface area contributed by atoms with Crippen molar-refractivity contribution in [2.45, 2.75) is 6.10 Å². The van der Waals surface area contributed by atoms with Gasteiger partial charge < -0.3 is 5.11 Å². The number of aryl methyl sites for hydroxylation is 1. The van der Waals surface area contributed by atoms with E-state index in [1.807, 2.05) is 0 Å². The van der Waals surface area contributed by atoms with Crippen LogP contribution in [0.4, 0.5) is 13.2 Å². The summed E-state index contributed by atoms with van der Waals surface area (Å²) in [5.41, 5.74) is -0.305. The summed E-state index contributed by atoms with van der Waals surface area (Å²) in [4.78, 5) is 0. The molecular formula is C11H8ClF3N2O. The molecule has 18 heavy (non-hydrogen) atoms. The highest BCUT2D eigenvalue weighted by Crippen LogP contribution is 2.30. The molecule has 2 rings (SSSR count). The molecule has 0 bridgehead atoms. The van der Waals surface area contributed by atoms with E-state index in [-0.39, 0.29) is 10.7 Å². The molecule has 0 spiro atoms. The second-order valence-corrected chi connectivity index (χ2v) is 4.08. The van der Waals surface area contributed by atoms with Gasteiger partial charge in [-0.2, -0.15) is 5.10 Å². The van der Waals surface area contributed by atoms with E-state index >= 15 is 0 Å². The predicted octanol–water partition coefficient (Wildman–Crippen LogP) is 2.57. The topological polar surface area (TPSA) is 38.0 Å². The molecule has 0 aliphatic carbocycles. The third kappa shape index (κ3) is 1.97. The highest BCUT2D eigenvalue weighted by molar-refractivity contribution is 6.31. The number of aromatic nitrogens is 2. The summed E-state index contributed by atoms with van der Waals surface area (Å²) < 4.78 is 40.6. The van der Waals surface area contributed by atoms with Crippen molar-refractivity contribution in [1.82, 2.24) is 9.78 Å². The molecule has 1 aromatic carbocycles. The van der Waals surface area contributed by atoms with E-state index in [0.717, 1.165) is 12.1 Å². The van der Waals surface area contributed by atoms with Gasteiger partial charge >= 0.3 is 0 Å². The van der Waals surface area contributed by atoms with Crippen molar-refractivity contribution in [3.05, 3.63) is 52.1 Å². The lowest BCUT2D eigenvalue weighted by atomic mass is 10.1. The Morgan fingerprint density at radius 1 is 1.28 bits per heavy atom. The zero-order chi connectivity index (χ0) is 13.4. The molecule has 1 heterocycles. The van der Waals surface area contributed by atoms with Gasteiger partial charge in [0.2, 0.25) is 0 Å². The molecule has 1 atom stereocenters. The summed E-state index contributed by atoms with van der Waals surface area (Å²) in [5.74, 6) is -4.40. The molecule has 3 nitrogen and oxygen atoms in total. The highest BCUT2D eigenvalue weighted by Gasteiger charge is 2.24. The van der Waals surface area contributed by atoms with Crippen LogP contribution in [0.15, 0.2) is 18.3 Å². The van der Waals surface area contributed by atoms with E-state index in [0.29, 0.717) is 0 Å². The molecule has 0 aliphatic heterocycles. The van der Waals surface area contributed by atoms with E-state index in [9.17, 15) is 18.3 Å². The monoisotopic (exact) mass is 276 g/mol. The molecule has 1 aromatic heterocycles. The molecule has 1 unspecified atom stereocenters. The van der Waals surface area contributed by atoms with Gasteiger partial charge in [-0.1, -0.05) is 11.6 Å². The van der Waals surface area contributed by atoms with Crippen LogP contribution in [0.2, 0.25) is 5.02 Å². The number of aliphatic hydroxyl groups excluding tert-OH is 1. The van der Waals surface area contributed by atoms with E-state index in [1.54, 1.807) is 0 Å². The van der Waals surface area contributed by atoms with Crippen LogP contribution in [0.25, 0.3) is 0 Å². The zero-order valence-electron chi connectivity index (χ0n) is 9.16. The maximum atomic E-state index is 13.5.